The molecule has 0 spiro atoms. The summed E-state index contributed by atoms with van der Waals surface area (Å²) in [6, 6.07) is 4.59. The molecule has 0 bridgehead atoms. The van der Waals surface area contributed by atoms with Crippen molar-refractivity contribution in [3.8, 4) is 0 Å². The summed E-state index contributed by atoms with van der Waals surface area (Å²) in [4.78, 5) is 22.7. The molecule has 1 unspecified atom stereocenters. The Hall–Kier alpha value is -1.75. The Kier molecular flexibility index (Phi) is 4.34. The van der Waals surface area contributed by atoms with Crippen LogP contribution >= 0.6 is 11.6 Å². The molecule has 6 heteroatoms. The number of carbonyl (C=O) groups is 2. The van der Waals surface area contributed by atoms with Crippen molar-refractivity contribution < 1.29 is 14.3 Å². The summed E-state index contributed by atoms with van der Waals surface area (Å²) in [6.45, 7) is 1.68. The van der Waals surface area contributed by atoms with Crippen molar-refractivity contribution in [2.24, 2.45) is 5.73 Å². The average Bonchev–Trinajstić information content (AvgIpc) is 2.28. The van der Waals surface area contributed by atoms with Crippen molar-refractivity contribution in [1.82, 2.24) is 0 Å². The monoisotopic (exact) mass is 256 g/mol. The Balaban J connectivity index is 2.90. The molecule has 0 aromatic heterocycles. The smallest absolute Gasteiger partial charge is 0.341 e. The van der Waals surface area contributed by atoms with Gasteiger partial charge in [-0.15, -0.1) is 0 Å². The minimum atomic E-state index is -0.958. The quantitative estimate of drug-likeness (QED) is 0.628. The summed E-state index contributed by atoms with van der Waals surface area (Å²) in [5, 5.41) is 0.256. The zero-order valence-corrected chi connectivity index (χ0v) is 10.0. The van der Waals surface area contributed by atoms with Gasteiger partial charge in [-0.25, -0.2) is 4.79 Å². The van der Waals surface area contributed by atoms with E-state index in [1.54, 1.807) is 19.1 Å². The molecule has 0 heterocycles. The SMILES string of the molecule is CCC(OC(=O)c1cccc(Cl)c1N)C(N)=O. The second-order valence-electron chi connectivity index (χ2n) is 3.41. The Labute approximate surface area is 104 Å². The number of benzene rings is 1. The molecule has 5 nitrogen and oxygen atoms in total. The summed E-state index contributed by atoms with van der Waals surface area (Å²) in [5.74, 6) is -1.41. The number of halogens is 1. The molecule has 0 saturated heterocycles. The second-order valence-corrected chi connectivity index (χ2v) is 3.81. The van der Waals surface area contributed by atoms with Crippen molar-refractivity contribution in [3.63, 3.8) is 0 Å². The van der Waals surface area contributed by atoms with Gasteiger partial charge in [-0.2, -0.15) is 0 Å². The van der Waals surface area contributed by atoms with Gasteiger partial charge in [-0.3, -0.25) is 4.79 Å². The van der Waals surface area contributed by atoms with Gasteiger partial charge in [0.25, 0.3) is 5.91 Å². The van der Waals surface area contributed by atoms with Crippen LogP contribution in [0.5, 0.6) is 0 Å². The molecule has 1 rings (SSSR count). The lowest BCUT2D eigenvalue weighted by molar-refractivity contribution is -0.126. The number of nitrogens with two attached hydrogens (primary N) is 2. The first-order chi connectivity index (χ1) is 7.97. The first-order valence-corrected chi connectivity index (χ1v) is 5.39. The highest BCUT2D eigenvalue weighted by molar-refractivity contribution is 6.33. The van der Waals surface area contributed by atoms with E-state index in [0.29, 0.717) is 6.42 Å². The van der Waals surface area contributed by atoms with Crippen LogP contribution in [0.4, 0.5) is 5.69 Å². The number of nitrogen functional groups attached to an aromatic ring is 1. The van der Waals surface area contributed by atoms with Gasteiger partial charge in [0.15, 0.2) is 6.10 Å². The number of primary amides is 1. The largest absolute Gasteiger partial charge is 0.449 e. The number of hydrogen-bond donors (Lipinski definition) is 2. The van der Waals surface area contributed by atoms with Crippen LogP contribution in [-0.4, -0.2) is 18.0 Å². The molecule has 1 atom stereocenters. The van der Waals surface area contributed by atoms with Crippen molar-refractivity contribution in [3.05, 3.63) is 28.8 Å². The molecule has 0 aliphatic carbocycles. The van der Waals surface area contributed by atoms with Crippen LogP contribution in [0.15, 0.2) is 18.2 Å². The van der Waals surface area contributed by atoms with Gasteiger partial charge in [0.2, 0.25) is 0 Å². The number of carbonyl (C=O) groups excluding carboxylic acids is 2. The lowest BCUT2D eigenvalue weighted by Gasteiger charge is -2.13. The van der Waals surface area contributed by atoms with Crippen LogP contribution < -0.4 is 11.5 Å². The van der Waals surface area contributed by atoms with Crippen LogP contribution in [0.2, 0.25) is 5.02 Å². The van der Waals surface area contributed by atoms with E-state index in [4.69, 9.17) is 27.8 Å². The van der Waals surface area contributed by atoms with Crippen molar-refractivity contribution in [1.29, 1.82) is 0 Å². The highest BCUT2D eigenvalue weighted by Crippen LogP contribution is 2.23. The van der Waals surface area contributed by atoms with E-state index in [1.165, 1.54) is 6.07 Å². The molecule has 0 aliphatic rings. The Morgan fingerprint density at radius 2 is 2.12 bits per heavy atom. The molecule has 0 fully saturated rings. The zero-order valence-electron chi connectivity index (χ0n) is 9.27. The number of anilines is 1. The third kappa shape index (κ3) is 3.10. The number of ether oxygens (including phenoxy) is 1. The van der Waals surface area contributed by atoms with Crippen LogP contribution in [0.1, 0.15) is 23.7 Å². The maximum atomic E-state index is 11.7. The summed E-state index contributed by atoms with van der Waals surface area (Å²) in [6.07, 6.45) is -0.650. The minimum Gasteiger partial charge on any atom is -0.449 e. The van der Waals surface area contributed by atoms with Gasteiger partial charge < -0.3 is 16.2 Å². The van der Waals surface area contributed by atoms with Crippen LogP contribution in [0, 0.1) is 0 Å². The maximum Gasteiger partial charge on any atom is 0.341 e. The molecule has 0 saturated carbocycles. The highest BCUT2D eigenvalue weighted by Gasteiger charge is 2.21. The van der Waals surface area contributed by atoms with Gasteiger partial charge in [0.05, 0.1) is 16.3 Å². The van der Waals surface area contributed by atoms with Gasteiger partial charge >= 0.3 is 5.97 Å². The van der Waals surface area contributed by atoms with E-state index in [1.807, 2.05) is 0 Å². The molecule has 4 N–H and O–H groups in total. The fourth-order valence-electron chi connectivity index (χ4n) is 1.25. The summed E-state index contributed by atoms with van der Waals surface area (Å²) in [7, 11) is 0. The molecular weight excluding hydrogens is 244 g/mol. The minimum absolute atomic E-state index is 0.122. The number of rotatable bonds is 4. The van der Waals surface area contributed by atoms with Crippen LogP contribution in [0.25, 0.3) is 0 Å². The van der Waals surface area contributed by atoms with E-state index in [9.17, 15) is 9.59 Å². The Bertz CT molecular complexity index is 448. The number of para-hydroxylation sites is 1. The topological polar surface area (TPSA) is 95.4 Å². The van der Waals surface area contributed by atoms with Crippen LogP contribution in [0.3, 0.4) is 0 Å². The second kappa shape index (κ2) is 5.54. The zero-order chi connectivity index (χ0) is 13.0. The van der Waals surface area contributed by atoms with Gasteiger partial charge in [0.1, 0.15) is 0 Å². The Morgan fingerprint density at radius 3 is 2.65 bits per heavy atom. The first kappa shape index (κ1) is 13.3. The number of esters is 1. The maximum absolute atomic E-state index is 11.7. The molecular formula is C11H13ClN2O3. The predicted molar refractivity (Wildman–Crippen MR) is 64.6 cm³/mol. The lowest BCUT2D eigenvalue weighted by atomic mass is 10.2. The summed E-state index contributed by atoms with van der Waals surface area (Å²) >= 11 is 5.77. The van der Waals surface area contributed by atoms with Crippen molar-refractivity contribution in [2.45, 2.75) is 19.4 Å². The third-order valence-electron chi connectivity index (χ3n) is 2.21. The van der Waals surface area contributed by atoms with Gasteiger partial charge in [-0.1, -0.05) is 24.6 Å². The molecule has 0 radical (unpaired) electrons. The standard InChI is InChI=1S/C11H13ClN2O3/c1-2-8(10(14)15)17-11(16)6-4-3-5-7(12)9(6)13/h3-5,8H,2,13H2,1H3,(H2,14,15). The van der Waals surface area contributed by atoms with E-state index >= 15 is 0 Å². The van der Waals surface area contributed by atoms with Gasteiger partial charge in [0, 0.05) is 0 Å². The van der Waals surface area contributed by atoms with E-state index in [2.05, 4.69) is 0 Å². The molecule has 1 aromatic rings. The van der Waals surface area contributed by atoms with Crippen LogP contribution in [-0.2, 0) is 9.53 Å². The highest BCUT2D eigenvalue weighted by atomic mass is 35.5. The number of amides is 1. The van der Waals surface area contributed by atoms with Gasteiger partial charge in [-0.05, 0) is 18.6 Å². The fourth-order valence-corrected chi connectivity index (χ4v) is 1.42. The molecule has 0 aliphatic heterocycles. The van der Waals surface area contributed by atoms with E-state index in [-0.39, 0.29) is 16.3 Å². The molecule has 17 heavy (non-hydrogen) atoms. The lowest BCUT2D eigenvalue weighted by Crippen LogP contribution is -2.32. The predicted octanol–water partition coefficient (Wildman–Crippen LogP) is 1.34. The Morgan fingerprint density at radius 1 is 1.47 bits per heavy atom. The van der Waals surface area contributed by atoms with Crippen molar-refractivity contribution in [2.75, 3.05) is 5.73 Å². The number of hydrogen-bond acceptors (Lipinski definition) is 4. The van der Waals surface area contributed by atoms with E-state index < -0.39 is 18.0 Å². The van der Waals surface area contributed by atoms with E-state index in [0.717, 1.165) is 0 Å². The molecule has 1 aromatic carbocycles. The molecule has 1 amide bonds. The third-order valence-corrected chi connectivity index (χ3v) is 2.54. The average molecular weight is 257 g/mol. The summed E-state index contributed by atoms with van der Waals surface area (Å²) < 4.78 is 4.93. The summed E-state index contributed by atoms with van der Waals surface area (Å²) in [5.41, 5.74) is 10.9. The first-order valence-electron chi connectivity index (χ1n) is 5.01. The fraction of sp³-hybridized carbons (Fsp3) is 0.273. The normalized spacial score (nSPS) is 11.9. The molecule has 92 valence electrons. The van der Waals surface area contributed by atoms with Crippen molar-refractivity contribution >= 4 is 29.2 Å².